The molecule has 2 N–H and O–H groups in total. The van der Waals surface area contributed by atoms with E-state index in [-0.39, 0.29) is 17.4 Å². The van der Waals surface area contributed by atoms with Crippen LogP contribution in [-0.2, 0) is 14.6 Å². The summed E-state index contributed by atoms with van der Waals surface area (Å²) in [6.45, 7) is 7.25. The van der Waals surface area contributed by atoms with Crippen LogP contribution in [0.2, 0.25) is 0 Å². The van der Waals surface area contributed by atoms with Crippen molar-refractivity contribution in [3.63, 3.8) is 0 Å². The van der Waals surface area contributed by atoms with Crippen LogP contribution in [0, 0.1) is 5.41 Å². The Kier molecular flexibility index (Phi) is 6.05. The highest BCUT2D eigenvalue weighted by atomic mass is 32.2. The van der Waals surface area contributed by atoms with Crippen LogP contribution < -0.4 is 5.73 Å². The van der Waals surface area contributed by atoms with Crippen molar-refractivity contribution in [2.75, 3.05) is 18.6 Å². The molecule has 0 saturated heterocycles. The second-order valence-electron chi connectivity index (χ2n) is 7.04. The van der Waals surface area contributed by atoms with Crippen molar-refractivity contribution in [3.05, 3.63) is 0 Å². The number of hydrogen-bond donors (Lipinski definition) is 1. The van der Waals surface area contributed by atoms with Gasteiger partial charge in [-0.1, -0.05) is 13.8 Å². The van der Waals surface area contributed by atoms with Crippen LogP contribution in [0.1, 0.15) is 59.3 Å². The number of hydrogen-bond acceptors (Lipinski definition) is 4. The molecular formula is C15H31NO3S. The molecule has 20 heavy (non-hydrogen) atoms. The van der Waals surface area contributed by atoms with E-state index in [0.717, 1.165) is 25.7 Å². The van der Waals surface area contributed by atoms with Gasteiger partial charge in [0.2, 0.25) is 0 Å². The molecule has 0 amide bonds. The Morgan fingerprint density at radius 2 is 1.75 bits per heavy atom. The van der Waals surface area contributed by atoms with Gasteiger partial charge in [0, 0.05) is 24.7 Å². The average molecular weight is 305 g/mol. The molecule has 4 nitrogen and oxygen atoms in total. The van der Waals surface area contributed by atoms with Crippen LogP contribution in [-0.4, -0.2) is 38.7 Å². The van der Waals surface area contributed by atoms with E-state index in [0.29, 0.717) is 24.9 Å². The quantitative estimate of drug-likeness (QED) is 0.784. The van der Waals surface area contributed by atoms with Gasteiger partial charge in [-0.05, 0) is 50.9 Å². The van der Waals surface area contributed by atoms with E-state index in [4.69, 9.17) is 10.5 Å². The van der Waals surface area contributed by atoms with Crippen LogP contribution in [0.25, 0.3) is 0 Å². The topological polar surface area (TPSA) is 69.4 Å². The third-order valence-electron chi connectivity index (χ3n) is 4.59. The molecule has 0 aromatic heterocycles. The molecule has 1 unspecified atom stereocenters. The Morgan fingerprint density at radius 3 is 2.20 bits per heavy atom. The van der Waals surface area contributed by atoms with Crippen LogP contribution in [0.3, 0.4) is 0 Å². The van der Waals surface area contributed by atoms with E-state index < -0.39 is 9.84 Å². The molecule has 0 radical (unpaired) electrons. The fourth-order valence-electron chi connectivity index (χ4n) is 3.09. The lowest BCUT2D eigenvalue weighted by molar-refractivity contribution is -0.100. The molecule has 0 spiro atoms. The van der Waals surface area contributed by atoms with E-state index in [1.54, 1.807) is 0 Å². The van der Waals surface area contributed by atoms with Gasteiger partial charge in [-0.15, -0.1) is 0 Å². The zero-order valence-electron chi connectivity index (χ0n) is 13.4. The summed E-state index contributed by atoms with van der Waals surface area (Å²) in [5.41, 5.74) is 6.49. The monoisotopic (exact) mass is 305 g/mol. The number of sulfone groups is 1. The highest BCUT2D eigenvalue weighted by molar-refractivity contribution is 7.90. The van der Waals surface area contributed by atoms with Gasteiger partial charge in [0.15, 0.2) is 0 Å². The number of nitrogens with two attached hydrogens (primary N) is 1. The van der Waals surface area contributed by atoms with Crippen molar-refractivity contribution >= 4 is 9.84 Å². The molecular weight excluding hydrogens is 274 g/mol. The Morgan fingerprint density at radius 1 is 1.20 bits per heavy atom. The van der Waals surface area contributed by atoms with Gasteiger partial charge >= 0.3 is 0 Å². The summed E-state index contributed by atoms with van der Waals surface area (Å²) in [5.74, 6) is 0.217. The highest BCUT2D eigenvalue weighted by Crippen LogP contribution is 2.43. The molecule has 0 aromatic carbocycles. The standard InChI is InChI=1S/C15H31NO3S/c1-5-19-15(10-8-14(2,3)9-11-15)13(16)7-6-12-20(4,17)18/h13H,5-12,16H2,1-4H3. The van der Waals surface area contributed by atoms with Gasteiger partial charge in [-0.25, -0.2) is 8.42 Å². The van der Waals surface area contributed by atoms with Crippen LogP contribution in [0.5, 0.6) is 0 Å². The highest BCUT2D eigenvalue weighted by Gasteiger charge is 2.42. The SMILES string of the molecule is CCOC1(C(N)CCCS(C)(=O)=O)CCC(C)(C)CC1. The average Bonchev–Trinajstić information content (AvgIpc) is 2.30. The normalized spacial score (nSPS) is 23.4. The van der Waals surface area contributed by atoms with E-state index in [2.05, 4.69) is 13.8 Å². The van der Waals surface area contributed by atoms with E-state index in [1.165, 1.54) is 6.26 Å². The third-order valence-corrected chi connectivity index (χ3v) is 5.62. The van der Waals surface area contributed by atoms with Gasteiger partial charge in [-0.3, -0.25) is 0 Å². The summed E-state index contributed by atoms with van der Waals surface area (Å²) < 4.78 is 28.4. The maximum atomic E-state index is 11.2. The number of rotatable bonds is 7. The van der Waals surface area contributed by atoms with Crippen molar-refractivity contribution < 1.29 is 13.2 Å². The van der Waals surface area contributed by atoms with Crippen LogP contribution >= 0.6 is 0 Å². The molecule has 0 heterocycles. The maximum Gasteiger partial charge on any atom is 0.147 e. The summed E-state index contributed by atoms with van der Waals surface area (Å²) in [6, 6.07) is -0.0692. The lowest BCUT2D eigenvalue weighted by Crippen LogP contribution is -2.53. The minimum atomic E-state index is -2.90. The minimum absolute atomic E-state index is 0.0692. The van der Waals surface area contributed by atoms with Gasteiger partial charge in [0.1, 0.15) is 9.84 Å². The molecule has 1 aliphatic rings. The van der Waals surface area contributed by atoms with E-state index in [1.807, 2.05) is 6.92 Å². The molecule has 1 saturated carbocycles. The van der Waals surface area contributed by atoms with Crippen LogP contribution in [0.15, 0.2) is 0 Å². The van der Waals surface area contributed by atoms with Crippen molar-refractivity contribution in [2.24, 2.45) is 11.1 Å². The summed E-state index contributed by atoms with van der Waals surface area (Å²) in [7, 11) is -2.90. The number of ether oxygens (including phenoxy) is 1. The zero-order valence-corrected chi connectivity index (χ0v) is 14.3. The first-order valence-corrected chi connectivity index (χ1v) is 9.74. The Hall–Kier alpha value is -0.130. The van der Waals surface area contributed by atoms with Gasteiger partial charge in [0.25, 0.3) is 0 Å². The molecule has 0 aromatic rings. The fraction of sp³-hybridized carbons (Fsp3) is 1.00. The van der Waals surface area contributed by atoms with Crippen molar-refractivity contribution in [1.29, 1.82) is 0 Å². The molecule has 120 valence electrons. The largest absolute Gasteiger partial charge is 0.374 e. The summed E-state index contributed by atoms with van der Waals surface area (Å²) in [5, 5.41) is 0. The third kappa shape index (κ3) is 5.34. The first kappa shape index (κ1) is 17.9. The molecule has 1 aliphatic carbocycles. The second-order valence-corrected chi connectivity index (χ2v) is 9.30. The minimum Gasteiger partial charge on any atom is -0.374 e. The molecule has 0 aliphatic heterocycles. The van der Waals surface area contributed by atoms with Crippen molar-refractivity contribution in [1.82, 2.24) is 0 Å². The summed E-state index contributed by atoms with van der Waals surface area (Å²) in [6.07, 6.45) is 6.81. The predicted octanol–water partition coefficient (Wildman–Crippen LogP) is 2.51. The lowest BCUT2D eigenvalue weighted by atomic mass is 9.68. The van der Waals surface area contributed by atoms with Crippen molar-refractivity contribution in [2.45, 2.75) is 70.9 Å². The first-order valence-electron chi connectivity index (χ1n) is 7.67. The van der Waals surface area contributed by atoms with Gasteiger partial charge in [-0.2, -0.15) is 0 Å². The molecule has 1 atom stereocenters. The van der Waals surface area contributed by atoms with E-state index >= 15 is 0 Å². The Bertz CT molecular complexity index is 393. The van der Waals surface area contributed by atoms with E-state index in [9.17, 15) is 8.42 Å². The van der Waals surface area contributed by atoms with Gasteiger partial charge < -0.3 is 10.5 Å². The second kappa shape index (κ2) is 6.75. The van der Waals surface area contributed by atoms with Crippen molar-refractivity contribution in [3.8, 4) is 0 Å². The molecule has 0 bridgehead atoms. The molecule has 1 fully saturated rings. The maximum absolute atomic E-state index is 11.2. The van der Waals surface area contributed by atoms with Crippen LogP contribution in [0.4, 0.5) is 0 Å². The summed E-state index contributed by atoms with van der Waals surface area (Å²) >= 11 is 0. The van der Waals surface area contributed by atoms with Gasteiger partial charge in [0.05, 0.1) is 5.60 Å². The first-order chi connectivity index (χ1) is 9.10. The zero-order chi connectivity index (χ0) is 15.4. The smallest absolute Gasteiger partial charge is 0.147 e. The summed E-state index contributed by atoms with van der Waals surface area (Å²) in [4.78, 5) is 0. The molecule has 1 rings (SSSR count). The molecule has 5 heteroatoms. The predicted molar refractivity (Wildman–Crippen MR) is 83.5 cm³/mol. The Balaban J connectivity index is 2.61. The lowest BCUT2D eigenvalue weighted by Gasteiger charge is -2.46. The Labute approximate surface area is 124 Å². The fourth-order valence-corrected chi connectivity index (χ4v) is 3.78.